The molecule has 0 atom stereocenters. The second-order valence-electron chi connectivity index (χ2n) is 6.85. The molecule has 0 saturated heterocycles. The van der Waals surface area contributed by atoms with E-state index in [2.05, 4.69) is 60.8 Å². The van der Waals surface area contributed by atoms with Gasteiger partial charge in [-0.3, -0.25) is 10.1 Å². The molecule has 1 aromatic carbocycles. The molecule has 2 aromatic rings. The van der Waals surface area contributed by atoms with E-state index in [9.17, 15) is 9.59 Å². The molecule has 0 aliphatic carbocycles. The number of aromatic nitrogens is 2. The quantitative estimate of drug-likeness (QED) is 0.751. The number of carboxylic acids is 1. The summed E-state index contributed by atoms with van der Waals surface area (Å²) in [5.74, 6) is -0.406. The third-order valence-corrected chi connectivity index (χ3v) is 3.73. The minimum atomic E-state index is -0.955. The number of nitrogens with one attached hydrogen (secondary N) is 2. The molecule has 1 heterocycles. The molecule has 0 spiro atoms. The van der Waals surface area contributed by atoms with Crippen molar-refractivity contribution in [1.82, 2.24) is 15.1 Å². The smallest absolute Gasteiger partial charge is 0.320 e. The maximum Gasteiger partial charge on any atom is 0.320 e. The molecule has 3 N–H and O–H groups in total. The Hall–Kier alpha value is -2.83. The molecule has 0 unspecified atom stereocenters. The molecule has 0 aliphatic heterocycles. The Kier molecular flexibility index (Phi) is 5.80. The van der Waals surface area contributed by atoms with E-state index < -0.39 is 12.0 Å². The molecular formula is C18H24N4O3. The summed E-state index contributed by atoms with van der Waals surface area (Å²) in [6.45, 7) is 7.10. The third-order valence-electron chi connectivity index (χ3n) is 3.73. The van der Waals surface area contributed by atoms with Crippen LogP contribution < -0.4 is 10.6 Å². The van der Waals surface area contributed by atoms with Gasteiger partial charge >= 0.3 is 12.0 Å². The average Bonchev–Trinajstić information content (AvgIpc) is 2.93. The molecule has 134 valence electrons. The van der Waals surface area contributed by atoms with E-state index in [0.29, 0.717) is 12.4 Å². The van der Waals surface area contributed by atoms with E-state index in [1.807, 2.05) is 0 Å². The monoisotopic (exact) mass is 344 g/mol. The van der Waals surface area contributed by atoms with Gasteiger partial charge in [-0.25, -0.2) is 9.48 Å². The first-order valence-corrected chi connectivity index (χ1v) is 8.13. The molecule has 0 radical (unpaired) electrons. The van der Waals surface area contributed by atoms with Crippen molar-refractivity contribution in [3.63, 3.8) is 0 Å². The van der Waals surface area contributed by atoms with Crippen LogP contribution in [0.25, 0.3) is 0 Å². The van der Waals surface area contributed by atoms with Crippen LogP contribution in [0.3, 0.4) is 0 Å². The molecule has 2 amide bonds. The van der Waals surface area contributed by atoms with Crippen LogP contribution in [0.15, 0.2) is 36.5 Å². The highest BCUT2D eigenvalue weighted by atomic mass is 16.4. The molecule has 25 heavy (non-hydrogen) atoms. The highest BCUT2D eigenvalue weighted by molar-refractivity contribution is 5.88. The number of urea groups is 1. The van der Waals surface area contributed by atoms with E-state index in [1.54, 1.807) is 16.9 Å². The summed E-state index contributed by atoms with van der Waals surface area (Å²) in [6.07, 6.45) is 1.49. The van der Waals surface area contributed by atoms with Crippen LogP contribution in [0.4, 0.5) is 10.6 Å². The van der Waals surface area contributed by atoms with E-state index in [-0.39, 0.29) is 18.4 Å². The molecular weight excluding hydrogens is 320 g/mol. The lowest BCUT2D eigenvalue weighted by Gasteiger charge is -2.19. The van der Waals surface area contributed by atoms with Crippen molar-refractivity contribution < 1.29 is 14.7 Å². The number of carbonyl (C=O) groups excluding carboxylic acids is 1. The van der Waals surface area contributed by atoms with Crippen molar-refractivity contribution in [2.24, 2.45) is 0 Å². The fourth-order valence-electron chi connectivity index (χ4n) is 2.29. The zero-order valence-corrected chi connectivity index (χ0v) is 14.7. The SMILES string of the molecule is CC(C)(C)c1ccc(Cn2nccc2NC(=O)NCCC(=O)O)cc1. The Bertz CT molecular complexity index is 730. The number of anilines is 1. The van der Waals surface area contributed by atoms with Crippen LogP contribution in [0.1, 0.15) is 38.3 Å². The lowest BCUT2D eigenvalue weighted by atomic mass is 9.87. The van der Waals surface area contributed by atoms with Crippen LogP contribution in [-0.4, -0.2) is 33.4 Å². The van der Waals surface area contributed by atoms with Gasteiger partial charge in [0.2, 0.25) is 0 Å². The highest BCUT2D eigenvalue weighted by Crippen LogP contribution is 2.22. The predicted octanol–water partition coefficient (Wildman–Crippen LogP) is 2.83. The van der Waals surface area contributed by atoms with Crippen LogP contribution in [0.5, 0.6) is 0 Å². The van der Waals surface area contributed by atoms with E-state index >= 15 is 0 Å². The molecule has 2 rings (SSSR count). The second kappa shape index (κ2) is 7.83. The predicted molar refractivity (Wildman–Crippen MR) is 95.7 cm³/mol. The number of aliphatic carboxylic acids is 1. The highest BCUT2D eigenvalue weighted by Gasteiger charge is 2.13. The normalized spacial score (nSPS) is 11.2. The summed E-state index contributed by atoms with van der Waals surface area (Å²) in [4.78, 5) is 22.3. The molecule has 0 fully saturated rings. The van der Waals surface area contributed by atoms with Gasteiger partial charge < -0.3 is 10.4 Å². The van der Waals surface area contributed by atoms with Crippen molar-refractivity contribution in [2.45, 2.75) is 39.2 Å². The van der Waals surface area contributed by atoms with Gasteiger partial charge in [-0.2, -0.15) is 5.10 Å². The maximum absolute atomic E-state index is 11.8. The van der Waals surface area contributed by atoms with E-state index in [0.717, 1.165) is 5.56 Å². The van der Waals surface area contributed by atoms with Crippen LogP contribution in [0, 0.1) is 0 Å². The maximum atomic E-state index is 11.8. The number of nitrogens with zero attached hydrogens (tertiary/aromatic N) is 2. The molecule has 7 heteroatoms. The number of hydrogen-bond acceptors (Lipinski definition) is 3. The van der Waals surface area contributed by atoms with Gasteiger partial charge in [-0.1, -0.05) is 45.0 Å². The van der Waals surface area contributed by atoms with Gasteiger partial charge in [0.05, 0.1) is 19.2 Å². The number of hydrogen-bond donors (Lipinski definition) is 3. The Morgan fingerprint density at radius 3 is 2.44 bits per heavy atom. The lowest BCUT2D eigenvalue weighted by molar-refractivity contribution is -0.136. The van der Waals surface area contributed by atoms with Gasteiger partial charge in [-0.15, -0.1) is 0 Å². The zero-order chi connectivity index (χ0) is 18.4. The number of amides is 2. The van der Waals surface area contributed by atoms with Crippen LogP contribution in [-0.2, 0) is 16.8 Å². The Balaban J connectivity index is 1.97. The van der Waals surface area contributed by atoms with Gasteiger partial charge in [0, 0.05) is 12.6 Å². The van der Waals surface area contributed by atoms with Crippen LogP contribution in [0.2, 0.25) is 0 Å². The molecule has 0 bridgehead atoms. The first-order chi connectivity index (χ1) is 11.8. The minimum Gasteiger partial charge on any atom is -0.481 e. The van der Waals surface area contributed by atoms with Gasteiger partial charge in [0.1, 0.15) is 5.82 Å². The average molecular weight is 344 g/mol. The number of benzene rings is 1. The van der Waals surface area contributed by atoms with Crippen molar-refractivity contribution in [3.05, 3.63) is 47.7 Å². The Labute approximate surface area is 147 Å². The summed E-state index contributed by atoms with van der Waals surface area (Å²) in [6, 6.07) is 9.55. The summed E-state index contributed by atoms with van der Waals surface area (Å²) in [5, 5.41) is 18.0. The van der Waals surface area contributed by atoms with Crippen LogP contribution >= 0.6 is 0 Å². The van der Waals surface area contributed by atoms with E-state index in [1.165, 1.54) is 5.56 Å². The standard InChI is InChI=1S/C18H24N4O3/c1-18(2,3)14-6-4-13(5-7-14)12-22-15(8-11-20-22)21-17(25)19-10-9-16(23)24/h4-8,11H,9-10,12H2,1-3H3,(H,23,24)(H2,19,21,25). The molecule has 0 aliphatic rings. The Morgan fingerprint density at radius 2 is 1.84 bits per heavy atom. The fraction of sp³-hybridized carbons (Fsp3) is 0.389. The number of carboxylic acid groups (broad SMARTS) is 1. The second-order valence-corrected chi connectivity index (χ2v) is 6.85. The first kappa shape index (κ1) is 18.5. The lowest BCUT2D eigenvalue weighted by Crippen LogP contribution is -2.31. The summed E-state index contributed by atoms with van der Waals surface area (Å²) in [7, 11) is 0. The van der Waals surface area contributed by atoms with E-state index in [4.69, 9.17) is 5.11 Å². The van der Waals surface area contributed by atoms with Crippen molar-refractivity contribution in [3.8, 4) is 0 Å². The topological polar surface area (TPSA) is 96.3 Å². The Morgan fingerprint density at radius 1 is 1.16 bits per heavy atom. The fourth-order valence-corrected chi connectivity index (χ4v) is 2.29. The van der Waals surface area contributed by atoms with Crippen molar-refractivity contribution in [1.29, 1.82) is 0 Å². The summed E-state index contributed by atoms with van der Waals surface area (Å²) in [5.41, 5.74) is 2.43. The molecule has 7 nitrogen and oxygen atoms in total. The van der Waals surface area contributed by atoms with Gasteiger partial charge in [0.15, 0.2) is 0 Å². The third kappa shape index (κ3) is 5.63. The largest absolute Gasteiger partial charge is 0.481 e. The summed E-state index contributed by atoms with van der Waals surface area (Å²) < 4.78 is 1.68. The van der Waals surface area contributed by atoms with Gasteiger partial charge in [-0.05, 0) is 16.5 Å². The summed E-state index contributed by atoms with van der Waals surface area (Å²) >= 11 is 0. The molecule has 1 aromatic heterocycles. The van der Waals surface area contributed by atoms with Crippen molar-refractivity contribution >= 4 is 17.8 Å². The van der Waals surface area contributed by atoms with Gasteiger partial charge in [0.25, 0.3) is 0 Å². The minimum absolute atomic E-state index is 0.0730. The van der Waals surface area contributed by atoms with Crippen molar-refractivity contribution in [2.75, 3.05) is 11.9 Å². The molecule has 0 saturated carbocycles. The first-order valence-electron chi connectivity index (χ1n) is 8.13. The zero-order valence-electron chi connectivity index (χ0n) is 14.7. The number of rotatable bonds is 6. The number of carbonyl (C=O) groups is 2.